The summed E-state index contributed by atoms with van der Waals surface area (Å²) in [5.41, 5.74) is 3.45. The van der Waals surface area contributed by atoms with Crippen molar-refractivity contribution in [1.82, 2.24) is 10.1 Å². The standard InChI is InChI=1S/C16H12N2O2/c19-12-7-5-10(6-8-12)16-17-15(18-20-16)14-9-11-3-1-2-4-13(11)14/h1-8,14,19H,9H2. The van der Waals surface area contributed by atoms with Crippen molar-refractivity contribution in [2.75, 3.05) is 0 Å². The molecule has 98 valence electrons. The topological polar surface area (TPSA) is 59.2 Å². The van der Waals surface area contributed by atoms with E-state index in [-0.39, 0.29) is 11.7 Å². The summed E-state index contributed by atoms with van der Waals surface area (Å²) in [7, 11) is 0. The van der Waals surface area contributed by atoms with Crippen molar-refractivity contribution in [3.05, 3.63) is 65.5 Å². The molecule has 0 saturated carbocycles. The third-order valence-electron chi connectivity index (χ3n) is 3.72. The number of rotatable bonds is 2. The number of phenols is 1. The van der Waals surface area contributed by atoms with Crippen LogP contribution in [-0.2, 0) is 6.42 Å². The molecule has 0 amide bonds. The molecule has 1 aliphatic carbocycles. The number of hydrogen-bond donors (Lipinski definition) is 1. The third kappa shape index (κ3) is 1.69. The Bertz CT molecular complexity index is 762. The molecule has 1 unspecified atom stereocenters. The van der Waals surface area contributed by atoms with Gasteiger partial charge in [-0.2, -0.15) is 4.98 Å². The van der Waals surface area contributed by atoms with Crippen molar-refractivity contribution < 1.29 is 9.63 Å². The van der Waals surface area contributed by atoms with Crippen LogP contribution < -0.4 is 0 Å². The SMILES string of the molecule is Oc1ccc(-c2nc(C3Cc4ccccc43)no2)cc1. The molecule has 4 nitrogen and oxygen atoms in total. The highest BCUT2D eigenvalue weighted by molar-refractivity contribution is 5.54. The van der Waals surface area contributed by atoms with Gasteiger partial charge in [0.15, 0.2) is 5.82 Å². The first-order valence-electron chi connectivity index (χ1n) is 6.52. The Morgan fingerprint density at radius 3 is 2.65 bits per heavy atom. The van der Waals surface area contributed by atoms with Gasteiger partial charge in [0.1, 0.15) is 5.75 Å². The number of aromatic nitrogens is 2. The summed E-state index contributed by atoms with van der Waals surface area (Å²) < 4.78 is 5.32. The molecule has 1 N–H and O–H groups in total. The summed E-state index contributed by atoms with van der Waals surface area (Å²) in [5.74, 6) is 1.68. The Balaban J connectivity index is 1.65. The lowest BCUT2D eigenvalue weighted by atomic mass is 9.77. The number of aromatic hydroxyl groups is 1. The molecule has 1 aliphatic rings. The fraction of sp³-hybridized carbons (Fsp3) is 0.125. The highest BCUT2D eigenvalue weighted by Gasteiger charge is 2.31. The average Bonchev–Trinajstić information content (AvgIpc) is 2.90. The van der Waals surface area contributed by atoms with Crippen molar-refractivity contribution in [2.24, 2.45) is 0 Å². The molecular formula is C16H12N2O2. The van der Waals surface area contributed by atoms with Gasteiger partial charge in [0.05, 0.1) is 5.92 Å². The van der Waals surface area contributed by atoms with Gasteiger partial charge in [0.2, 0.25) is 0 Å². The van der Waals surface area contributed by atoms with Gasteiger partial charge in [-0.3, -0.25) is 0 Å². The van der Waals surface area contributed by atoms with E-state index in [1.165, 1.54) is 11.1 Å². The highest BCUT2D eigenvalue weighted by atomic mass is 16.5. The number of fused-ring (bicyclic) bond motifs is 1. The molecule has 0 radical (unpaired) electrons. The van der Waals surface area contributed by atoms with Crippen molar-refractivity contribution >= 4 is 0 Å². The fourth-order valence-corrected chi connectivity index (χ4v) is 2.59. The van der Waals surface area contributed by atoms with Crippen molar-refractivity contribution in [2.45, 2.75) is 12.3 Å². The number of hydrogen-bond acceptors (Lipinski definition) is 4. The zero-order valence-corrected chi connectivity index (χ0v) is 10.7. The van der Waals surface area contributed by atoms with Gasteiger partial charge in [-0.15, -0.1) is 0 Å². The van der Waals surface area contributed by atoms with Crippen LogP contribution in [0.3, 0.4) is 0 Å². The Hall–Kier alpha value is -2.62. The molecule has 3 aromatic rings. The monoisotopic (exact) mass is 264 g/mol. The van der Waals surface area contributed by atoms with E-state index in [4.69, 9.17) is 4.52 Å². The van der Waals surface area contributed by atoms with Gasteiger partial charge in [-0.25, -0.2) is 0 Å². The molecule has 1 heterocycles. The Labute approximate surface area is 115 Å². The second-order valence-corrected chi connectivity index (χ2v) is 4.96. The van der Waals surface area contributed by atoms with Crippen LogP contribution in [0, 0.1) is 0 Å². The predicted octanol–water partition coefficient (Wildman–Crippen LogP) is 3.13. The molecule has 0 aliphatic heterocycles. The van der Waals surface area contributed by atoms with Gasteiger partial charge in [0, 0.05) is 5.56 Å². The first-order valence-corrected chi connectivity index (χ1v) is 6.52. The van der Waals surface area contributed by atoms with Gasteiger partial charge in [0.25, 0.3) is 5.89 Å². The zero-order valence-electron chi connectivity index (χ0n) is 10.7. The quantitative estimate of drug-likeness (QED) is 0.772. The van der Waals surface area contributed by atoms with Gasteiger partial charge in [-0.05, 0) is 41.8 Å². The molecule has 0 saturated heterocycles. The minimum absolute atomic E-state index is 0.224. The number of nitrogens with zero attached hydrogens (tertiary/aromatic N) is 2. The molecule has 0 spiro atoms. The predicted molar refractivity (Wildman–Crippen MR) is 73.4 cm³/mol. The molecule has 20 heavy (non-hydrogen) atoms. The fourth-order valence-electron chi connectivity index (χ4n) is 2.59. The van der Waals surface area contributed by atoms with Crippen LogP contribution in [0.4, 0.5) is 0 Å². The summed E-state index contributed by atoms with van der Waals surface area (Å²) >= 11 is 0. The van der Waals surface area contributed by atoms with E-state index >= 15 is 0 Å². The van der Waals surface area contributed by atoms with Crippen LogP contribution in [0.5, 0.6) is 5.75 Å². The number of benzene rings is 2. The smallest absolute Gasteiger partial charge is 0.257 e. The lowest BCUT2D eigenvalue weighted by Gasteiger charge is -2.27. The zero-order chi connectivity index (χ0) is 13.5. The first kappa shape index (κ1) is 11.2. The number of phenolic OH excluding ortho intramolecular Hbond substituents is 1. The van der Waals surface area contributed by atoms with E-state index in [1.807, 2.05) is 12.1 Å². The van der Waals surface area contributed by atoms with Crippen LogP contribution in [-0.4, -0.2) is 15.2 Å². The van der Waals surface area contributed by atoms with E-state index in [2.05, 4.69) is 22.3 Å². The molecule has 2 aromatic carbocycles. The summed E-state index contributed by atoms with van der Waals surface area (Å²) in [6.07, 6.45) is 0.963. The van der Waals surface area contributed by atoms with Crippen LogP contribution in [0.1, 0.15) is 22.9 Å². The minimum Gasteiger partial charge on any atom is -0.508 e. The average molecular weight is 264 g/mol. The van der Waals surface area contributed by atoms with E-state index in [1.54, 1.807) is 24.3 Å². The van der Waals surface area contributed by atoms with Crippen molar-refractivity contribution in [1.29, 1.82) is 0 Å². The Morgan fingerprint density at radius 2 is 1.85 bits per heavy atom. The van der Waals surface area contributed by atoms with E-state index in [9.17, 15) is 5.11 Å². The maximum Gasteiger partial charge on any atom is 0.257 e. The van der Waals surface area contributed by atoms with Crippen molar-refractivity contribution in [3.63, 3.8) is 0 Å². The summed E-state index contributed by atoms with van der Waals surface area (Å²) in [5, 5.41) is 13.4. The van der Waals surface area contributed by atoms with Gasteiger partial charge >= 0.3 is 0 Å². The molecule has 0 bridgehead atoms. The van der Waals surface area contributed by atoms with Crippen molar-refractivity contribution in [3.8, 4) is 17.2 Å². The largest absolute Gasteiger partial charge is 0.508 e. The van der Waals surface area contributed by atoms with Crippen LogP contribution in [0.15, 0.2) is 53.1 Å². The van der Waals surface area contributed by atoms with E-state index < -0.39 is 0 Å². The Morgan fingerprint density at radius 1 is 1.05 bits per heavy atom. The van der Waals surface area contributed by atoms with Gasteiger partial charge < -0.3 is 9.63 Å². The maximum atomic E-state index is 9.29. The van der Waals surface area contributed by atoms with E-state index in [0.29, 0.717) is 5.89 Å². The van der Waals surface area contributed by atoms with Crippen LogP contribution in [0.2, 0.25) is 0 Å². The molecule has 1 atom stereocenters. The second kappa shape index (κ2) is 4.20. The third-order valence-corrected chi connectivity index (χ3v) is 3.72. The molecule has 4 heteroatoms. The molecule has 0 fully saturated rings. The second-order valence-electron chi connectivity index (χ2n) is 4.96. The van der Waals surface area contributed by atoms with Crippen LogP contribution in [0.25, 0.3) is 11.5 Å². The molecular weight excluding hydrogens is 252 g/mol. The van der Waals surface area contributed by atoms with Gasteiger partial charge in [-0.1, -0.05) is 29.4 Å². The normalized spacial score (nSPS) is 16.5. The van der Waals surface area contributed by atoms with E-state index in [0.717, 1.165) is 17.8 Å². The summed E-state index contributed by atoms with van der Waals surface area (Å²) in [6, 6.07) is 15.1. The summed E-state index contributed by atoms with van der Waals surface area (Å²) in [4.78, 5) is 4.47. The Kier molecular flexibility index (Phi) is 2.36. The lowest BCUT2D eigenvalue weighted by Crippen LogP contribution is -2.19. The highest BCUT2D eigenvalue weighted by Crippen LogP contribution is 2.39. The first-order chi connectivity index (χ1) is 9.81. The lowest BCUT2D eigenvalue weighted by molar-refractivity contribution is 0.416. The van der Waals surface area contributed by atoms with Crippen LogP contribution >= 0.6 is 0 Å². The summed E-state index contributed by atoms with van der Waals surface area (Å²) in [6.45, 7) is 0. The molecule has 1 aromatic heterocycles. The minimum atomic E-state index is 0.224. The molecule has 4 rings (SSSR count). The maximum absolute atomic E-state index is 9.29.